The van der Waals surface area contributed by atoms with Gasteiger partial charge in [0.2, 0.25) is 0 Å². The van der Waals surface area contributed by atoms with Gasteiger partial charge in [-0.25, -0.2) is 0 Å². The smallest absolute Gasteiger partial charge is 0.307 e. The third kappa shape index (κ3) is 4.14. The van der Waals surface area contributed by atoms with Gasteiger partial charge in [-0.1, -0.05) is 35.9 Å². The van der Waals surface area contributed by atoms with E-state index in [4.69, 9.17) is 16.3 Å². The fourth-order valence-corrected chi connectivity index (χ4v) is 3.72. The molecule has 2 unspecified atom stereocenters. The second kappa shape index (κ2) is 7.89. The lowest BCUT2D eigenvalue weighted by molar-refractivity contribution is -0.143. The van der Waals surface area contributed by atoms with Gasteiger partial charge in [0.15, 0.2) is 0 Å². The van der Waals surface area contributed by atoms with E-state index in [-0.39, 0.29) is 12.0 Å². The van der Waals surface area contributed by atoms with Crippen LogP contribution in [-0.4, -0.2) is 36.2 Å². The van der Waals surface area contributed by atoms with Gasteiger partial charge in [0.05, 0.1) is 19.1 Å². The molecule has 1 N–H and O–H groups in total. The van der Waals surface area contributed by atoms with Crippen LogP contribution in [0.3, 0.4) is 0 Å². The summed E-state index contributed by atoms with van der Waals surface area (Å²) in [6.07, 6.45) is 1.61. The largest absolute Gasteiger partial charge is 0.497 e. The van der Waals surface area contributed by atoms with Gasteiger partial charge in [-0.05, 0) is 54.8 Å². The molecule has 2 aromatic carbocycles. The first-order valence-corrected chi connectivity index (χ1v) is 8.82. The van der Waals surface area contributed by atoms with Gasteiger partial charge in [0.1, 0.15) is 5.75 Å². The third-order valence-electron chi connectivity index (χ3n) is 4.76. The monoisotopic (exact) mass is 359 g/mol. The first-order chi connectivity index (χ1) is 12.1. The first-order valence-electron chi connectivity index (χ1n) is 8.44. The number of hydrogen-bond donors (Lipinski definition) is 1. The predicted molar refractivity (Wildman–Crippen MR) is 98.2 cm³/mol. The van der Waals surface area contributed by atoms with Crippen LogP contribution in [0.2, 0.25) is 5.02 Å². The average Bonchev–Trinajstić information content (AvgIpc) is 2.63. The molecule has 4 nitrogen and oxygen atoms in total. The number of benzene rings is 2. The number of carboxylic acids is 1. The van der Waals surface area contributed by atoms with E-state index in [0.29, 0.717) is 11.6 Å². The van der Waals surface area contributed by atoms with Crippen molar-refractivity contribution in [2.45, 2.75) is 18.9 Å². The van der Waals surface area contributed by atoms with Gasteiger partial charge in [0.25, 0.3) is 0 Å². The topological polar surface area (TPSA) is 49.8 Å². The average molecular weight is 360 g/mol. The van der Waals surface area contributed by atoms with E-state index >= 15 is 0 Å². The van der Waals surface area contributed by atoms with Crippen molar-refractivity contribution in [1.29, 1.82) is 0 Å². The molecule has 0 aliphatic carbocycles. The van der Waals surface area contributed by atoms with Gasteiger partial charge in [-0.2, -0.15) is 0 Å². The SMILES string of the molecule is COc1ccc(C(c2cccc(Cl)c2)N2CCCC(C(=O)O)C2)cc1. The molecule has 1 saturated heterocycles. The van der Waals surface area contributed by atoms with Gasteiger partial charge in [0, 0.05) is 11.6 Å². The molecule has 0 spiro atoms. The molecule has 2 aromatic rings. The Hall–Kier alpha value is -2.04. The molecular weight excluding hydrogens is 338 g/mol. The molecule has 5 heteroatoms. The highest BCUT2D eigenvalue weighted by atomic mass is 35.5. The molecule has 3 rings (SSSR count). The fourth-order valence-electron chi connectivity index (χ4n) is 3.52. The van der Waals surface area contributed by atoms with Gasteiger partial charge >= 0.3 is 5.97 Å². The molecule has 1 aliphatic rings. The van der Waals surface area contributed by atoms with Crippen molar-refractivity contribution in [3.63, 3.8) is 0 Å². The molecule has 2 atom stereocenters. The highest BCUT2D eigenvalue weighted by Gasteiger charge is 2.31. The number of piperidine rings is 1. The maximum atomic E-state index is 11.5. The Morgan fingerprint density at radius 3 is 2.64 bits per heavy atom. The molecule has 0 bridgehead atoms. The lowest BCUT2D eigenvalue weighted by Crippen LogP contribution is -2.41. The number of likely N-dealkylation sites (tertiary alicyclic amines) is 1. The number of hydrogen-bond acceptors (Lipinski definition) is 3. The molecular formula is C20H22ClNO3. The van der Waals surface area contributed by atoms with Crippen LogP contribution >= 0.6 is 11.6 Å². The predicted octanol–water partition coefficient (Wildman–Crippen LogP) is 4.23. The maximum Gasteiger partial charge on any atom is 0.307 e. The van der Waals surface area contributed by atoms with Crippen LogP contribution in [-0.2, 0) is 4.79 Å². The number of carboxylic acid groups (broad SMARTS) is 1. The Balaban J connectivity index is 1.97. The molecule has 0 amide bonds. The summed E-state index contributed by atoms with van der Waals surface area (Å²) in [5, 5.41) is 10.1. The molecule has 25 heavy (non-hydrogen) atoms. The Kier molecular flexibility index (Phi) is 5.61. The highest BCUT2D eigenvalue weighted by molar-refractivity contribution is 6.30. The van der Waals surface area contributed by atoms with Crippen molar-refractivity contribution in [2.75, 3.05) is 20.2 Å². The van der Waals surface area contributed by atoms with Crippen molar-refractivity contribution >= 4 is 17.6 Å². The van der Waals surface area contributed by atoms with E-state index in [2.05, 4.69) is 4.90 Å². The molecule has 0 saturated carbocycles. The lowest BCUT2D eigenvalue weighted by atomic mass is 9.91. The minimum absolute atomic E-state index is 0.0215. The number of aliphatic carboxylic acids is 1. The molecule has 0 aromatic heterocycles. The third-order valence-corrected chi connectivity index (χ3v) is 5.00. The standard InChI is InChI=1S/C20H22ClNO3/c1-25-18-9-7-14(8-10-18)19(15-4-2-6-17(21)12-15)22-11-3-5-16(13-22)20(23)24/h2,4,6-10,12,16,19H,3,5,11,13H2,1H3,(H,23,24). The second-order valence-corrected chi connectivity index (χ2v) is 6.84. The van der Waals surface area contributed by atoms with Crippen molar-refractivity contribution < 1.29 is 14.6 Å². The van der Waals surface area contributed by atoms with E-state index in [0.717, 1.165) is 36.3 Å². The van der Waals surface area contributed by atoms with Crippen molar-refractivity contribution in [2.24, 2.45) is 5.92 Å². The summed E-state index contributed by atoms with van der Waals surface area (Å²) in [4.78, 5) is 13.7. The lowest BCUT2D eigenvalue weighted by Gasteiger charge is -2.37. The highest BCUT2D eigenvalue weighted by Crippen LogP contribution is 2.34. The Morgan fingerprint density at radius 2 is 2.00 bits per heavy atom. The summed E-state index contributed by atoms with van der Waals surface area (Å²) < 4.78 is 5.26. The molecule has 0 radical (unpaired) electrons. The zero-order chi connectivity index (χ0) is 17.8. The normalized spacial score (nSPS) is 19.4. The number of ether oxygens (including phenoxy) is 1. The Labute approximate surface area is 153 Å². The second-order valence-electron chi connectivity index (χ2n) is 6.40. The number of rotatable bonds is 5. The fraction of sp³-hybridized carbons (Fsp3) is 0.350. The Morgan fingerprint density at radius 1 is 1.24 bits per heavy atom. The van der Waals surface area contributed by atoms with E-state index < -0.39 is 5.97 Å². The van der Waals surface area contributed by atoms with E-state index in [1.807, 2.05) is 48.5 Å². The van der Waals surface area contributed by atoms with E-state index in [9.17, 15) is 9.90 Å². The van der Waals surface area contributed by atoms with Crippen LogP contribution < -0.4 is 4.74 Å². The van der Waals surface area contributed by atoms with Gasteiger partial charge in [-0.3, -0.25) is 9.69 Å². The van der Waals surface area contributed by atoms with Crippen molar-refractivity contribution in [1.82, 2.24) is 4.90 Å². The summed E-state index contributed by atoms with van der Waals surface area (Å²) in [5.74, 6) is -0.242. The summed E-state index contributed by atoms with van der Waals surface area (Å²) in [7, 11) is 1.64. The molecule has 132 valence electrons. The zero-order valence-corrected chi connectivity index (χ0v) is 14.9. The number of nitrogens with zero attached hydrogens (tertiary/aromatic N) is 1. The van der Waals surface area contributed by atoms with Crippen LogP contribution in [0.15, 0.2) is 48.5 Å². The van der Waals surface area contributed by atoms with Crippen LogP contribution in [0.25, 0.3) is 0 Å². The first kappa shape index (κ1) is 17.8. The quantitative estimate of drug-likeness (QED) is 0.867. The van der Waals surface area contributed by atoms with Gasteiger partial charge in [-0.15, -0.1) is 0 Å². The summed E-state index contributed by atoms with van der Waals surface area (Å²) in [6, 6.07) is 15.7. The van der Waals surface area contributed by atoms with E-state index in [1.165, 1.54) is 0 Å². The minimum atomic E-state index is -0.718. The van der Waals surface area contributed by atoms with Gasteiger partial charge < -0.3 is 9.84 Å². The van der Waals surface area contributed by atoms with Crippen molar-refractivity contribution in [3.8, 4) is 5.75 Å². The van der Waals surface area contributed by atoms with E-state index in [1.54, 1.807) is 7.11 Å². The number of carbonyl (C=O) groups is 1. The van der Waals surface area contributed by atoms with Crippen LogP contribution in [0, 0.1) is 5.92 Å². The number of methoxy groups -OCH3 is 1. The Bertz CT molecular complexity index is 732. The van der Waals surface area contributed by atoms with Crippen LogP contribution in [0.1, 0.15) is 30.0 Å². The molecule has 1 aliphatic heterocycles. The molecule has 1 fully saturated rings. The minimum Gasteiger partial charge on any atom is -0.497 e. The number of halogens is 1. The summed E-state index contributed by atoms with van der Waals surface area (Å²) in [6.45, 7) is 1.41. The molecule has 1 heterocycles. The summed E-state index contributed by atoms with van der Waals surface area (Å²) >= 11 is 6.21. The van der Waals surface area contributed by atoms with Crippen LogP contribution in [0.4, 0.5) is 0 Å². The van der Waals surface area contributed by atoms with Crippen molar-refractivity contribution in [3.05, 3.63) is 64.7 Å². The maximum absolute atomic E-state index is 11.5. The van der Waals surface area contributed by atoms with Crippen LogP contribution in [0.5, 0.6) is 5.75 Å². The summed E-state index contributed by atoms with van der Waals surface area (Å²) in [5.41, 5.74) is 2.18. The zero-order valence-electron chi connectivity index (χ0n) is 14.2.